The van der Waals surface area contributed by atoms with Crippen molar-refractivity contribution in [3.63, 3.8) is 0 Å². The Kier molecular flexibility index (Phi) is 4.57. The van der Waals surface area contributed by atoms with Crippen LogP contribution in [-0.2, 0) is 4.79 Å². The molecule has 7 heteroatoms. The zero-order valence-corrected chi connectivity index (χ0v) is 12.2. The molecule has 0 aliphatic carbocycles. The van der Waals surface area contributed by atoms with Gasteiger partial charge in [0.15, 0.2) is 0 Å². The molecule has 0 bridgehead atoms. The average molecular weight is 287 g/mol. The summed E-state index contributed by atoms with van der Waals surface area (Å²) in [6.45, 7) is 3.10. The number of nitrogens with zero attached hydrogens (tertiary/aromatic N) is 2. The second-order valence-electron chi connectivity index (χ2n) is 5.32. The summed E-state index contributed by atoms with van der Waals surface area (Å²) in [6, 6.07) is -0.325. The SMILES string of the molecule is CC1CC(NC(=O)N2CSCC2C(=O)O)CCN1C. The molecule has 3 atom stereocenters. The van der Waals surface area contributed by atoms with Gasteiger partial charge in [0.1, 0.15) is 6.04 Å². The smallest absolute Gasteiger partial charge is 0.327 e. The molecule has 2 amide bonds. The van der Waals surface area contributed by atoms with Gasteiger partial charge >= 0.3 is 12.0 Å². The maximum atomic E-state index is 12.1. The van der Waals surface area contributed by atoms with Crippen LogP contribution in [0.2, 0.25) is 0 Å². The third-order valence-electron chi connectivity index (χ3n) is 3.96. The van der Waals surface area contributed by atoms with Crippen molar-refractivity contribution >= 4 is 23.8 Å². The standard InChI is InChI=1S/C12H21N3O3S/c1-8-5-9(3-4-14(8)2)13-12(18)15-7-19-6-10(15)11(16)17/h8-10H,3-7H2,1-2H3,(H,13,18)(H,16,17). The first kappa shape index (κ1) is 14.5. The molecule has 2 heterocycles. The lowest BCUT2D eigenvalue weighted by Crippen LogP contribution is -2.53. The van der Waals surface area contributed by atoms with Gasteiger partial charge in [0.2, 0.25) is 0 Å². The molecule has 0 aromatic heterocycles. The van der Waals surface area contributed by atoms with Crippen LogP contribution >= 0.6 is 11.8 Å². The third kappa shape index (κ3) is 3.33. The first-order chi connectivity index (χ1) is 8.99. The summed E-state index contributed by atoms with van der Waals surface area (Å²) in [5, 5.41) is 12.1. The van der Waals surface area contributed by atoms with Crippen molar-refractivity contribution in [1.82, 2.24) is 15.1 Å². The van der Waals surface area contributed by atoms with E-state index >= 15 is 0 Å². The molecule has 2 fully saturated rings. The maximum absolute atomic E-state index is 12.1. The van der Waals surface area contributed by atoms with E-state index < -0.39 is 12.0 Å². The van der Waals surface area contributed by atoms with E-state index in [4.69, 9.17) is 5.11 Å². The minimum atomic E-state index is -0.920. The fraction of sp³-hybridized carbons (Fsp3) is 0.833. The van der Waals surface area contributed by atoms with Gasteiger partial charge in [-0.25, -0.2) is 9.59 Å². The summed E-state index contributed by atoms with van der Waals surface area (Å²) in [4.78, 5) is 26.9. The van der Waals surface area contributed by atoms with Crippen LogP contribution in [0.4, 0.5) is 4.79 Å². The molecule has 19 heavy (non-hydrogen) atoms. The summed E-state index contributed by atoms with van der Waals surface area (Å²) in [6.07, 6.45) is 1.84. The van der Waals surface area contributed by atoms with Gasteiger partial charge in [-0.15, -0.1) is 11.8 Å². The molecule has 2 rings (SSSR count). The van der Waals surface area contributed by atoms with Crippen LogP contribution in [-0.4, -0.2) is 70.3 Å². The van der Waals surface area contributed by atoms with Crippen LogP contribution in [0.3, 0.4) is 0 Å². The molecule has 2 N–H and O–H groups in total. The number of rotatable bonds is 2. The molecule has 6 nitrogen and oxygen atoms in total. The van der Waals surface area contributed by atoms with E-state index in [1.165, 1.54) is 16.7 Å². The highest BCUT2D eigenvalue weighted by Crippen LogP contribution is 2.22. The largest absolute Gasteiger partial charge is 0.480 e. The monoisotopic (exact) mass is 287 g/mol. The van der Waals surface area contributed by atoms with Gasteiger partial charge in [-0.3, -0.25) is 0 Å². The molecule has 2 aliphatic heterocycles. The topological polar surface area (TPSA) is 72.9 Å². The number of urea groups is 1. The Balaban J connectivity index is 1.89. The van der Waals surface area contributed by atoms with E-state index in [0.29, 0.717) is 17.7 Å². The molecular weight excluding hydrogens is 266 g/mol. The number of hydrogen-bond donors (Lipinski definition) is 2. The Morgan fingerprint density at radius 1 is 1.42 bits per heavy atom. The number of nitrogens with one attached hydrogen (secondary N) is 1. The molecule has 0 aromatic rings. The number of carboxylic acids is 1. The minimum absolute atomic E-state index is 0.152. The molecule has 2 aliphatic rings. The molecular formula is C12H21N3O3S. The fourth-order valence-electron chi connectivity index (χ4n) is 2.53. The first-order valence-corrected chi connectivity index (χ1v) is 7.72. The lowest BCUT2D eigenvalue weighted by atomic mass is 9.99. The highest BCUT2D eigenvalue weighted by molar-refractivity contribution is 7.99. The average Bonchev–Trinajstić information content (AvgIpc) is 2.83. The van der Waals surface area contributed by atoms with E-state index in [1.54, 1.807) is 0 Å². The molecule has 0 spiro atoms. The van der Waals surface area contributed by atoms with E-state index in [9.17, 15) is 9.59 Å². The molecule has 108 valence electrons. The minimum Gasteiger partial charge on any atom is -0.480 e. The van der Waals surface area contributed by atoms with Crippen molar-refractivity contribution in [2.75, 3.05) is 25.2 Å². The quantitative estimate of drug-likeness (QED) is 0.780. The number of carboxylic acid groups (broad SMARTS) is 1. The Morgan fingerprint density at radius 3 is 2.79 bits per heavy atom. The predicted octanol–water partition coefficient (Wildman–Crippen LogP) is 0.638. The van der Waals surface area contributed by atoms with Crippen LogP contribution in [0.15, 0.2) is 0 Å². The number of thioether (sulfide) groups is 1. The summed E-state index contributed by atoms with van der Waals surface area (Å²) < 4.78 is 0. The van der Waals surface area contributed by atoms with Crippen LogP contribution in [0.1, 0.15) is 19.8 Å². The van der Waals surface area contributed by atoms with Crippen molar-refractivity contribution in [3.8, 4) is 0 Å². The molecule has 2 saturated heterocycles. The number of aliphatic carboxylic acids is 1. The zero-order valence-electron chi connectivity index (χ0n) is 11.3. The highest BCUT2D eigenvalue weighted by Gasteiger charge is 2.35. The molecule has 0 aromatic carbocycles. The van der Waals surface area contributed by atoms with Gasteiger partial charge in [0.05, 0.1) is 5.88 Å². The Bertz CT molecular complexity index is 366. The van der Waals surface area contributed by atoms with E-state index in [1.807, 2.05) is 0 Å². The number of carbonyl (C=O) groups excluding carboxylic acids is 1. The number of likely N-dealkylation sites (tertiary alicyclic amines) is 1. The van der Waals surface area contributed by atoms with Crippen molar-refractivity contribution < 1.29 is 14.7 Å². The van der Waals surface area contributed by atoms with Crippen LogP contribution in [0.5, 0.6) is 0 Å². The fourth-order valence-corrected chi connectivity index (χ4v) is 3.67. The van der Waals surface area contributed by atoms with Crippen molar-refractivity contribution in [2.24, 2.45) is 0 Å². The van der Waals surface area contributed by atoms with Crippen molar-refractivity contribution in [1.29, 1.82) is 0 Å². The number of piperidine rings is 1. The number of amides is 2. The van der Waals surface area contributed by atoms with Crippen molar-refractivity contribution in [3.05, 3.63) is 0 Å². The number of hydrogen-bond acceptors (Lipinski definition) is 4. The predicted molar refractivity (Wildman–Crippen MR) is 74.2 cm³/mol. The van der Waals surface area contributed by atoms with Crippen molar-refractivity contribution in [2.45, 2.75) is 37.9 Å². The summed E-state index contributed by atoms with van der Waals surface area (Å²) in [5.74, 6) is 0.0225. The second-order valence-corrected chi connectivity index (χ2v) is 6.32. The van der Waals surface area contributed by atoms with Gasteiger partial charge in [-0.1, -0.05) is 0 Å². The van der Waals surface area contributed by atoms with Gasteiger partial charge in [0.25, 0.3) is 0 Å². The maximum Gasteiger partial charge on any atom is 0.327 e. The van der Waals surface area contributed by atoms with E-state index in [2.05, 4.69) is 24.2 Å². The Labute approximate surface area is 117 Å². The van der Waals surface area contributed by atoms with Crippen LogP contribution in [0, 0.1) is 0 Å². The third-order valence-corrected chi connectivity index (χ3v) is 4.98. The highest BCUT2D eigenvalue weighted by atomic mass is 32.2. The van der Waals surface area contributed by atoms with E-state index in [-0.39, 0.29) is 12.1 Å². The van der Waals surface area contributed by atoms with Crippen LogP contribution in [0.25, 0.3) is 0 Å². The van der Waals surface area contributed by atoms with E-state index in [0.717, 1.165) is 19.4 Å². The van der Waals surface area contributed by atoms with Gasteiger partial charge < -0.3 is 20.2 Å². The summed E-state index contributed by atoms with van der Waals surface area (Å²) in [7, 11) is 2.08. The lowest BCUT2D eigenvalue weighted by molar-refractivity contribution is -0.140. The number of carbonyl (C=O) groups is 2. The van der Waals surface area contributed by atoms with Gasteiger partial charge in [-0.2, -0.15) is 0 Å². The molecule has 0 saturated carbocycles. The molecule has 0 radical (unpaired) electrons. The Morgan fingerprint density at radius 2 is 2.16 bits per heavy atom. The first-order valence-electron chi connectivity index (χ1n) is 6.57. The zero-order chi connectivity index (χ0) is 14.0. The summed E-state index contributed by atoms with van der Waals surface area (Å²) >= 11 is 1.49. The Hall–Kier alpha value is -0.950. The van der Waals surface area contributed by atoms with Gasteiger partial charge in [-0.05, 0) is 26.8 Å². The summed E-state index contributed by atoms with van der Waals surface area (Å²) in [5.41, 5.74) is 0. The second kappa shape index (κ2) is 6.00. The normalized spacial score (nSPS) is 32.3. The molecule has 3 unspecified atom stereocenters. The van der Waals surface area contributed by atoms with Crippen LogP contribution < -0.4 is 5.32 Å². The van der Waals surface area contributed by atoms with Gasteiger partial charge in [0, 0.05) is 24.4 Å². The lowest BCUT2D eigenvalue weighted by Gasteiger charge is -2.36.